The van der Waals surface area contributed by atoms with E-state index in [1.54, 1.807) is 0 Å². The van der Waals surface area contributed by atoms with Gasteiger partial charge in [-0.1, -0.05) is 20.3 Å². The van der Waals surface area contributed by atoms with Crippen molar-refractivity contribution < 1.29 is 4.79 Å². The van der Waals surface area contributed by atoms with Crippen LogP contribution in [0.3, 0.4) is 0 Å². The van der Waals surface area contributed by atoms with Crippen LogP contribution in [0.2, 0.25) is 0 Å². The SMILES string of the molecule is CCCC(C)C(=O)NC1CCC(C)NC1. The van der Waals surface area contributed by atoms with E-state index in [1.165, 1.54) is 0 Å². The van der Waals surface area contributed by atoms with Crippen LogP contribution in [-0.2, 0) is 4.79 Å². The van der Waals surface area contributed by atoms with Gasteiger partial charge in [0.1, 0.15) is 0 Å². The van der Waals surface area contributed by atoms with Gasteiger partial charge < -0.3 is 10.6 Å². The maximum atomic E-state index is 11.7. The summed E-state index contributed by atoms with van der Waals surface area (Å²) in [5.74, 6) is 0.382. The summed E-state index contributed by atoms with van der Waals surface area (Å²) >= 11 is 0. The second-order valence-corrected chi connectivity index (χ2v) is 4.78. The van der Waals surface area contributed by atoms with Gasteiger partial charge in [-0.25, -0.2) is 0 Å². The highest BCUT2D eigenvalue weighted by molar-refractivity contribution is 5.78. The predicted octanol–water partition coefficient (Wildman–Crippen LogP) is 1.68. The Morgan fingerprint density at radius 1 is 1.53 bits per heavy atom. The number of carbonyl (C=O) groups is 1. The molecule has 0 aromatic carbocycles. The molecule has 1 heterocycles. The Hall–Kier alpha value is -0.570. The molecule has 1 aliphatic rings. The van der Waals surface area contributed by atoms with E-state index >= 15 is 0 Å². The quantitative estimate of drug-likeness (QED) is 0.744. The first-order valence-electron chi connectivity index (χ1n) is 6.17. The van der Waals surface area contributed by atoms with Crippen LogP contribution >= 0.6 is 0 Å². The molecule has 1 rings (SSSR count). The van der Waals surface area contributed by atoms with Gasteiger partial charge in [0.05, 0.1) is 0 Å². The molecule has 3 heteroatoms. The highest BCUT2D eigenvalue weighted by Gasteiger charge is 2.21. The molecule has 0 aromatic rings. The van der Waals surface area contributed by atoms with Crippen LogP contribution < -0.4 is 10.6 Å². The molecule has 15 heavy (non-hydrogen) atoms. The minimum absolute atomic E-state index is 0.161. The number of rotatable bonds is 4. The van der Waals surface area contributed by atoms with E-state index in [9.17, 15) is 4.79 Å². The fourth-order valence-electron chi connectivity index (χ4n) is 2.03. The normalized spacial score (nSPS) is 28.5. The van der Waals surface area contributed by atoms with Crippen LogP contribution in [0.5, 0.6) is 0 Å². The van der Waals surface area contributed by atoms with Gasteiger partial charge in [-0.05, 0) is 26.2 Å². The molecule has 1 aliphatic heterocycles. The zero-order valence-corrected chi connectivity index (χ0v) is 10.2. The van der Waals surface area contributed by atoms with Crippen LogP contribution in [0.25, 0.3) is 0 Å². The van der Waals surface area contributed by atoms with Crippen LogP contribution in [0, 0.1) is 5.92 Å². The summed E-state index contributed by atoms with van der Waals surface area (Å²) in [6.07, 6.45) is 4.34. The third-order valence-electron chi connectivity index (χ3n) is 3.18. The molecular formula is C12H24N2O. The summed E-state index contributed by atoms with van der Waals surface area (Å²) in [6.45, 7) is 7.24. The fraction of sp³-hybridized carbons (Fsp3) is 0.917. The van der Waals surface area contributed by atoms with Gasteiger partial charge in [0.15, 0.2) is 0 Å². The van der Waals surface area contributed by atoms with Crippen molar-refractivity contribution in [3.8, 4) is 0 Å². The van der Waals surface area contributed by atoms with Gasteiger partial charge in [0.2, 0.25) is 5.91 Å². The first kappa shape index (κ1) is 12.5. The first-order chi connectivity index (χ1) is 7.13. The summed E-state index contributed by atoms with van der Waals surface area (Å²) in [5, 5.41) is 6.52. The Morgan fingerprint density at radius 3 is 2.80 bits per heavy atom. The van der Waals surface area contributed by atoms with E-state index in [0.717, 1.165) is 32.2 Å². The Morgan fingerprint density at radius 2 is 2.27 bits per heavy atom. The largest absolute Gasteiger partial charge is 0.352 e. The van der Waals surface area contributed by atoms with Gasteiger partial charge in [0.25, 0.3) is 0 Å². The van der Waals surface area contributed by atoms with Crippen LogP contribution in [0.15, 0.2) is 0 Å². The third-order valence-corrected chi connectivity index (χ3v) is 3.18. The molecule has 3 unspecified atom stereocenters. The Labute approximate surface area is 93.0 Å². The monoisotopic (exact) mass is 212 g/mol. The van der Waals surface area contributed by atoms with E-state index in [-0.39, 0.29) is 11.8 Å². The van der Waals surface area contributed by atoms with Crippen LogP contribution in [0.4, 0.5) is 0 Å². The number of piperidine rings is 1. The maximum Gasteiger partial charge on any atom is 0.223 e. The number of hydrogen-bond acceptors (Lipinski definition) is 2. The van der Waals surface area contributed by atoms with Crippen LogP contribution in [0.1, 0.15) is 46.5 Å². The smallest absolute Gasteiger partial charge is 0.223 e. The van der Waals surface area contributed by atoms with E-state index in [1.807, 2.05) is 6.92 Å². The molecule has 0 aliphatic carbocycles. The fourth-order valence-corrected chi connectivity index (χ4v) is 2.03. The van der Waals surface area contributed by atoms with E-state index < -0.39 is 0 Å². The second kappa shape index (κ2) is 6.11. The minimum atomic E-state index is 0.161. The van der Waals surface area contributed by atoms with Crippen molar-refractivity contribution in [3.63, 3.8) is 0 Å². The van der Waals surface area contributed by atoms with Gasteiger partial charge in [-0.3, -0.25) is 4.79 Å². The summed E-state index contributed by atoms with van der Waals surface area (Å²) in [5.41, 5.74) is 0. The molecule has 0 aromatic heterocycles. The van der Waals surface area contributed by atoms with Gasteiger partial charge >= 0.3 is 0 Å². The molecule has 1 amide bonds. The highest BCUT2D eigenvalue weighted by Crippen LogP contribution is 2.10. The molecular weight excluding hydrogens is 188 g/mol. The van der Waals surface area contributed by atoms with Gasteiger partial charge in [-0.15, -0.1) is 0 Å². The van der Waals surface area contributed by atoms with Crippen molar-refractivity contribution in [3.05, 3.63) is 0 Å². The molecule has 0 bridgehead atoms. The Bertz CT molecular complexity index is 198. The average Bonchev–Trinajstić information content (AvgIpc) is 2.22. The summed E-state index contributed by atoms with van der Waals surface area (Å²) in [6, 6.07) is 0.944. The lowest BCUT2D eigenvalue weighted by atomic mass is 10.00. The number of nitrogens with one attached hydrogen (secondary N) is 2. The van der Waals surface area contributed by atoms with Crippen molar-refractivity contribution in [1.29, 1.82) is 0 Å². The van der Waals surface area contributed by atoms with E-state index in [0.29, 0.717) is 12.1 Å². The standard InChI is InChI=1S/C12H24N2O/c1-4-5-9(2)12(15)14-11-7-6-10(3)13-8-11/h9-11,13H,4-8H2,1-3H3,(H,14,15). The molecule has 3 nitrogen and oxygen atoms in total. The number of carbonyl (C=O) groups excluding carboxylic acids is 1. The molecule has 0 saturated carbocycles. The molecule has 88 valence electrons. The Balaban J connectivity index is 2.25. The zero-order valence-electron chi connectivity index (χ0n) is 10.2. The number of hydrogen-bond donors (Lipinski definition) is 2. The maximum absolute atomic E-state index is 11.7. The lowest BCUT2D eigenvalue weighted by molar-refractivity contribution is -0.125. The third kappa shape index (κ3) is 4.20. The number of amides is 1. The minimum Gasteiger partial charge on any atom is -0.352 e. The van der Waals surface area contributed by atoms with Crippen LogP contribution in [-0.4, -0.2) is 24.5 Å². The predicted molar refractivity (Wildman–Crippen MR) is 62.7 cm³/mol. The molecule has 3 atom stereocenters. The highest BCUT2D eigenvalue weighted by atomic mass is 16.1. The van der Waals surface area contributed by atoms with E-state index in [4.69, 9.17) is 0 Å². The summed E-state index contributed by atoms with van der Waals surface area (Å²) in [4.78, 5) is 11.7. The topological polar surface area (TPSA) is 41.1 Å². The van der Waals surface area contributed by atoms with Crippen molar-refractivity contribution in [2.75, 3.05) is 6.54 Å². The summed E-state index contributed by atoms with van der Waals surface area (Å²) in [7, 11) is 0. The molecule has 2 N–H and O–H groups in total. The molecule has 1 saturated heterocycles. The average molecular weight is 212 g/mol. The summed E-state index contributed by atoms with van der Waals surface area (Å²) < 4.78 is 0. The van der Waals surface area contributed by atoms with Crippen molar-refractivity contribution in [2.45, 2.75) is 58.5 Å². The van der Waals surface area contributed by atoms with Crippen molar-refractivity contribution in [1.82, 2.24) is 10.6 Å². The first-order valence-corrected chi connectivity index (χ1v) is 6.17. The van der Waals surface area contributed by atoms with Crippen molar-refractivity contribution in [2.24, 2.45) is 5.92 Å². The van der Waals surface area contributed by atoms with Gasteiger partial charge in [-0.2, -0.15) is 0 Å². The van der Waals surface area contributed by atoms with Crippen molar-refractivity contribution >= 4 is 5.91 Å². The lowest BCUT2D eigenvalue weighted by Gasteiger charge is -2.29. The lowest BCUT2D eigenvalue weighted by Crippen LogP contribution is -2.49. The van der Waals surface area contributed by atoms with Gasteiger partial charge in [0, 0.05) is 24.5 Å². The van der Waals surface area contributed by atoms with E-state index in [2.05, 4.69) is 24.5 Å². The molecule has 0 spiro atoms. The second-order valence-electron chi connectivity index (χ2n) is 4.78. The molecule has 0 radical (unpaired) electrons. The zero-order chi connectivity index (χ0) is 11.3. The molecule has 1 fully saturated rings. The Kier molecular flexibility index (Phi) is 5.09.